The van der Waals surface area contributed by atoms with Crippen LogP contribution in [0.1, 0.15) is 30.3 Å². The van der Waals surface area contributed by atoms with Crippen LogP contribution in [0.25, 0.3) is 11.3 Å². The summed E-state index contributed by atoms with van der Waals surface area (Å²) in [6, 6.07) is 6.25. The molecule has 0 amide bonds. The van der Waals surface area contributed by atoms with Crippen molar-refractivity contribution in [1.29, 1.82) is 0 Å². The molecule has 0 bridgehead atoms. The molecule has 0 spiro atoms. The number of ether oxygens (including phenoxy) is 1. The van der Waals surface area contributed by atoms with Crippen molar-refractivity contribution in [1.82, 2.24) is 4.98 Å². The number of methoxy groups -OCH3 is 1. The summed E-state index contributed by atoms with van der Waals surface area (Å²) < 4.78 is 5.41. The second-order valence-electron chi connectivity index (χ2n) is 4.78. The molecule has 1 aromatic heterocycles. The van der Waals surface area contributed by atoms with E-state index in [9.17, 15) is 0 Å². The molecule has 0 radical (unpaired) electrons. The molecule has 1 heterocycles. The molecular formula is C15H20N2OS. The van der Waals surface area contributed by atoms with Crippen molar-refractivity contribution in [2.24, 2.45) is 5.73 Å². The van der Waals surface area contributed by atoms with Gasteiger partial charge in [0.15, 0.2) is 0 Å². The maximum Gasteiger partial charge on any atom is 0.122 e. The third-order valence-corrected chi connectivity index (χ3v) is 3.97. The predicted octanol–water partition coefficient (Wildman–Crippen LogP) is 3.44. The van der Waals surface area contributed by atoms with Gasteiger partial charge in [0.05, 0.1) is 17.8 Å². The van der Waals surface area contributed by atoms with E-state index in [2.05, 4.69) is 36.3 Å². The number of hydrogen-bond donors (Lipinski definition) is 1. The first-order valence-corrected chi connectivity index (χ1v) is 7.36. The van der Waals surface area contributed by atoms with Crippen molar-refractivity contribution >= 4 is 11.3 Å². The minimum Gasteiger partial charge on any atom is -0.496 e. The fourth-order valence-electron chi connectivity index (χ4n) is 2.03. The first-order chi connectivity index (χ1) is 9.15. The topological polar surface area (TPSA) is 48.1 Å². The molecule has 0 unspecified atom stereocenters. The molecule has 0 aliphatic rings. The van der Waals surface area contributed by atoms with Crippen molar-refractivity contribution in [3.8, 4) is 17.0 Å². The summed E-state index contributed by atoms with van der Waals surface area (Å²) >= 11 is 1.67. The van der Waals surface area contributed by atoms with Gasteiger partial charge in [0.25, 0.3) is 0 Å². The number of benzene rings is 1. The molecule has 19 heavy (non-hydrogen) atoms. The normalized spacial score (nSPS) is 11.0. The van der Waals surface area contributed by atoms with Crippen LogP contribution in [0.3, 0.4) is 0 Å². The quantitative estimate of drug-likeness (QED) is 0.910. The Balaban J connectivity index is 2.36. The van der Waals surface area contributed by atoms with Gasteiger partial charge >= 0.3 is 0 Å². The van der Waals surface area contributed by atoms with Crippen molar-refractivity contribution in [3.63, 3.8) is 0 Å². The Morgan fingerprint density at radius 2 is 2.16 bits per heavy atom. The minimum absolute atomic E-state index is 0.428. The van der Waals surface area contributed by atoms with Crippen molar-refractivity contribution in [2.75, 3.05) is 13.7 Å². The van der Waals surface area contributed by atoms with E-state index >= 15 is 0 Å². The maximum atomic E-state index is 5.56. The lowest BCUT2D eigenvalue weighted by Crippen LogP contribution is -2.02. The molecule has 1 aromatic carbocycles. The minimum atomic E-state index is 0.428. The van der Waals surface area contributed by atoms with E-state index in [1.165, 1.54) is 5.56 Å². The fraction of sp³-hybridized carbons (Fsp3) is 0.400. The van der Waals surface area contributed by atoms with E-state index in [0.717, 1.165) is 28.4 Å². The van der Waals surface area contributed by atoms with E-state index in [0.29, 0.717) is 12.5 Å². The highest BCUT2D eigenvalue weighted by atomic mass is 32.1. The molecule has 0 aliphatic heterocycles. The molecule has 102 valence electrons. The third kappa shape index (κ3) is 3.14. The first-order valence-electron chi connectivity index (χ1n) is 6.48. The smallest absolute Gasteiger partial charge is 0.122 e. The van der Waals surface area contributed by atoms with Crippen LogP contribution >= 0.6 is 11.3 Å². The molecule has 3 nitrogen and oxygen atoms in total. The van der Waals surface area contributed by atoms with Gasteiger partial charge in [-0.3, -0.25) is 0 Å². The maximum absolute atomic E-state index is 5.56. The van der Waals surface area contributed by atoms with Gasteiger partial charge in [-0.1, -0.05) is 13.8 Å². The number of thiazole rings is 1. The van der Waals surface area contributed by atoms with E-state index in [1.54, 1.807) is 18.4 Å². The Labute approximate surface area is 118 Å². The van der Waals surface area contributed by atoms with Gasteiger partial charge in [0, 0.05) is 17.4 Å². The van der Waals surface area contributed by atoms with Crippen LogP contribution in [0, 0.1) is 0 Å². The SMILES string of the molecule is COc1ccc(-c2csc(CCN)n2)cc1C(C)C. The standard InChI is InChI=1S/C15H20N2OS/c1-10(2)12-8-11(4-5-14(12)18-3)13-9-19-15(17-13)6-7-16/h4-5,8-10H,6-7,16H2,1-3H3. The lowest BCUT2D eigenvalue weighted by Gasteiger charge is -2.12. The van der Waals surface area contributed by atoms with Crippen LogP contribution in [0.2, 0.25) is 0 Å². The highest BCUT2D eigenvalue weighted by Gasteiger charge is 2.11. The Morgan fingerprint density at radius 3 is 2.79 bits per heavy atom. The van der Waals surface area contributed by atoms with Crippen molar-refractivity contribution in [2.45, 2.75) is 26.2 Å². The summed E-state index contributed by atoms with van der Waals surface area (Å²) in [5.41, 5.74) is 8.94. The Morgan fingerprint density at radius 1 is 1.37 bits per heavy atom. The summed E-state index contributed by atoms with van der Waals surface area (Å²) in [5.74, 6) is 1.37. The van der Waals surface area contributed by atoms with Gasteiger partial charge < -0.3 is 10.5 Å². The number of nitrogens with zero attached hydrogens (tertiary/aromatic N) is 1. The molecule has 2 aromatic rings. The number of hydrogen-bond acceptors (Lipinski definition) is 4. The second-order valence-corrected chi connectivity index (χ2v) is 5.72. The highest BCUT2D eigenvalue weighted by Crippen LogP contribution is 2.31. The predicted molar refractivity (Wildman–Crippen MR) is 80.9 cm³/mol. The lowest BCUT2D eigenvalue weighted by atomic mass is 9.98. The number of nitrogens with two attached hydrogens (primary N) is 1. The molecule has 4 heteroatoms. The summed E-state index contributed by atoms with van der Waals surface area (Å²) in [6.07, 6.45) is 0.845. The monoisotopic (exact) mass is 276 g/mol. The van der Waals surface area contributed by atoms with Crippen LogP contribution in [-0.2, 0) is 6.42 Å². The zero-order valence-electron chi connectivity index (χ0n) is 11.6. The summed E-state index contributed by atoms with van der Waals surface area (Å²) in [4.78, 5) is 4.62. The largest absolute Gasteiger partial charge is 0.496 e. The second kappa shape index (κ2) is 6.17. The van der Waals surface area contributed by atoms with E-state index in [-0.39, 0.29) is 0 Å². The number of rotatable bonds is 5. The van der Waals surface area contributed by atoms with Crippen LogP contribution < -0.4 is 10.5 Å². The molecule has 0 aliphatic carbocycles. The molecule has 0 atom stereocenters. The molecule has 0 saturated heterocycles. The van der Waals surface area contributed by atoms with E-state index in [4.69, 9.17) is 10.5 Å². The zero-order chi connectivity index (χ0) is 13.8. The highest BCUT2D eigenvalue weighted by molar-refractivity contribution is 7.09. The average molecular weight is 276 g/mol. The lowest BCUT2D eigenvalue weighted by molar-refractivity contribution is 0.407. The van der Waals surface area contributed by atoms with Gasteiger partial charge in [-0.25, -0.2) is 4.98 Å². The fourth-order valence-corrected chi connectivity index (χ4v) is 2.85. The van der Waals surface area contributed by atoms with Crippen molar-refractivity contribution in [3.05, 3.63) is 34.2 Å². The van der Waals surface area contributed by atoms with Crippen LogP contribution in [0.15, 0.2) is 23.6 Å². The molecule has 0 saturated carbocycles. The summed E-state index contributed by atoms with van der Waals surface area (Å²) in [7, 11) is 1.71. The third-order valence-electron chi connectivity index (χ3n) is 3.06. The Kier molecular flexibility index (Phi) is 4.56. The average Bonchev–Trinajstić information content (AvgIpc) is 2.87. The van der Waals surface area contributed by atoms with Crippen LogP contribution in [-0.4, -0.2) is 18.6 Å². The van der Waals surface area contributed by atoms with Gasteiger partial charge in [-0.15, -0.1) is 11.3 Å². The molecule has 2 N–H and O–H groups in total. The number of aromatic nitrogens is 1. The van der Waals surface area contributed by atoms with Crippen LogP contribution in [0.4, 0.5) is 0 Å². The van der Waals surface area contributed by atoms with Gasteiger partial charge in [-0.2, -0.15) is 0 Å². The first kappa shape index (κ1) is 14.0. The van der Waals surface area contributed by atoms with E-state index in [1.807, 2.05) is 6.07 Å². The zero-order valence-corrected chi connectivity index (χ0v) is 12.5. The summed E-state index contributed by atoms with van der Waals surface area (Å²) in [5, 5.41) is 3.19. The molecule has 0 fully saturated rings. The van der Waals surface area contributed by atoms with E-state index < -0.39 is 0 Å². The Hall–Kier alpha value is -1.39. The van der Waals surface area contributed by atoms with Gasteiger partial charge in [-0.05, 0) is 36.2 Å². The molecule has 2 rings (SSSR count). The van der Waals surface area contributed by atoms with Gasteiger partial charge in [0.1, 0.15) is 5.75 Å². The van der Waals surface area contributed by atoms with Crippen LogP contribution in [0.5, 0.6) is 5.75 Å². The van der Waals surface area contributed by atoms with Crippen molar-refractivity contribution < 1.29 is 4.74 Å². The Bertz CT molecular complexity index is 549. The summed E-state index contributed by atoms with van der Waals surface area (Å²) in [6.45, 7) is 4.98. The van der Waals surface area contributed by atoms with Gasteiger partial charge in [0.2, 0.25) is 0 Å². The molecular weight excluding hydrogens is 256 g/mol.